The summed E-state index contributed by atoms with van der Waals surface area (Å²) in [5.41, 5.74) is 6.64. The summed E-state index contributed by atoms with van der Waals surface area (Å²) in [5.74, 6) is -2.23. The van der Waals surface area contributed by atoms with Crippen LogP contribution in [0.5, 0.6) is 0 Å². The maximum Gasteiger partial charge on any atom is 0.258 e. The molecular formula is C39H26F2N2O2. The predicted molar refractivity (Wildman–Crippen MR) is 172 cm³/mol. The Morgan fingerprint density at radius 1 is 0.444 bits per heavy atom. The first-order chi connectivity index (χ1) is 22.0. The lowest BCUT2D eigenvalue weighted by molar-refractivity contribution is 0.101. The highest BCUT2D eigenvalue weighted by atomic mass is 19.1. The summed E-state index contributed by atoms with van der Waals surface area (Å²) < 4.78 is 28.5. The van der Waals surface area contributed by atoms with E-state index in [1.54, 1.807) is 24.3 Å². The van der Waals surface area contributed by atoms with Crippen molar-refractivity contribution in [2.24, 2.45) is 0 Å². The van der Waals surface area contributed by atoms with Gasteiger partial charge in [0.2, 0.25) is 0 Å². The van der Waals surface area contributed by atoms with E-state index in [0.717, 1.165) is 33.4 Å². The summed E-state index contributed by atoms with van der Waals surface area (Å²) >= 11 is 0. The highest BCUT2D eigenvalue weighted by Crippen LogP contribution is 2.56. The number of amides is 2. The van der Waals surface area contributed by atoms with Crippen molar-refractivity contribution >= 4 is 23.2 Å². The fourth-order valence-corrected chi connectivity index (χ4v) is 6.32. The van der Waals surface area contributed by atoms with E-state index < -0.39 is 28.9 Å². The Hall–Kier alpha value is -5.88. The standard InChI is InChI=1S/C39H26F2N2O2/c40-35-15-7-3-11-31(35)37(44)42-27-21-17-25(18-22-27)39(33-13-5-1-9-29(33)30-10-2-6-14-34(30)39)26-19-23-28(24-20-26)43-38(45)32-12-4-8-16-36(32)41/h1-24H,(H,42,44)(H,43,45). The summed E-state index contributed by atoms with van der Waals surface area (Å²) in [5, 5.41) is 5.61. The van der Waals surface area contributed by atoms with Gasteiger partial charge in [0.25, 0.3) is 11.8 Å². The minimum atomic E-state index is -0.713. The van der Waals surface area contributed by atoms with E-state index in [0.29, 0.717) is 11.4 Å². The van der Waals surface area contributed by atoms with Crippen LogP contribution in [0.1, 0.15) is 43.0 Å². The number of carbonyl (C=O) groups excluding carboxylic acids is 2. The van der Waals surface area contributed by atoms with Crippen molar-refractivity contribution in [3.63, 3.8) is 0 Å². The average molecular weight is 593 g/mol. The summed E-state index contributed by atoms with van der Waals surface area (Å²) in [7, 11) is 0. The molecular weight excluding hydrogens is 566 g/mol. The third-order valence-corrected chi connectivity index (χ3v) is 8.34. The van der Waals surface area contributed by atoms with Crippen molar-refractivity contribution in [2.45, 2.75) is 5.41 Å². The number of halogens is 2. The Morgan fingerprint density at radius 2 is 0.800 bits per heavy atom. The molecule has 0 heterocycles. The van der Waals surface area contributed by atoms with Crippen LogP contribution in [0.25, 0.3) is 11.1 Å². The van der Waals surface area contributed by atoms with E-state index >= 15 is 0 Å². The molecule has 0 fully saturated rings. The average Bonchev–Trinajstić information content (AvgIpc) is 3.37. The zero-order valence-electron chi connectivity index (χ0n) is 23.9. The molecule has 0 atom stereocenters. The third-order valence-electron chi connectivity index (χ3n) is 8.34. The number of nitrogens with one attached hydrogen (secondary N) is 2. The molecule has 0 radical (unpaired) electrons. The Bertz CT molecular complexity index is 1920. The van der Waals surface area contributed by atoms with Crippen LogP contribution < -0.4 is 10.6 Å². The molecule has 6 aromatic carbocycles. The lowest BCUT2D eigenvalue weighted by Crippen LogP contribution is -2.28. The molecule has 0 aromatic heterocycles. The van der Waals surface area contributed by atoms with Crippen molar-refractivity contribution in [3.8, 4) is 11.1 Å². The molecule has 0 aliphatic heterocycles. The zero-order chi connectivity index (χ0) is 31.0. The van der Waals surface area contributed by atoms with Gasteiger partial charge in [-0.3, -0.25) is 9.59 Å². The fraction of sp³-hybridized carbons (Fsp3) is 0.0256. The molecule has 0 saturated heterocycles. The summed E-state index contributed by atoms with van der Waals surface area (Å²) in [6, 6.07) is 43.5. The highest BCUT2D eigenvalue weighted by Gasteiger charge is 2.45. The topological polar surface area (TPSA) is 58.2 Å². The van der Waals surface area contributed by atoms with Gasteiger partial charge in [0, 0.05) is 11.4 Å². The maximum absolute atomic E-state index is 14.2. The number of carbonyl (C=O) groups is 2. The van der Waals surface area contributed by atoms with E-state index in [1.165, 1.54) is 24.3 Å². The van der Waals surface area contributed by atoms with E-state index in [9.17, 15) is 18.4 Å². The lowest BCUT2D eigenvalue weighted by Gasteiger charge is -2.34. The Morgan fingerprint density at radius 3 is 1.20 bits per heavy atom. The van der Waals surface area contributed by atoms with Crippen LogP contribution in [0.2, 0.25) is 0 Å². The minimum Gasteiger partial charge on any atom is -0.322 e. The summed E-state index contributed by atoms with van der Waals surface area (Å²) in [6.07, 6.45) is 0. The molecule has 7 rings (SSSR count). The van der Waals surface area contributed by atoms with Crippen molar-refractivity contribution < 1.29 is 18.4 Å². The molecule has 4 nitrogen and oxygen atoms in total. The Balaban J connectivity index is 1.30. The second-order valence-corrected chi connectivity index (χ2v) is 10.9. The van der Waals surface area contributed by atoms with Gasteiger partial charge in [0.05, 0.1) is 16.5 Å². The van der Waals surface area contributed by atoms with Crippen molar-refractivity contribution in [1.82, 2.24) is 0 Å². The normalized spacial score (nSPS) is 12.6. The smallest absolute Gasteiger partial charge is 0.258 e. The molecule has 218 valence electrons. The highest BCUT2D eigenvalue weighted by molar-refractivity contribution is 6.05. The molecule has 1 aliphatic carbocycles. The lowest BCUT2D eigenvalue weighted by atomic mass is 9.67. The van der Waals surface area contributed by atoms with Gasteiger partial charge in [-0.2, -0.15) is 0 Å². The van der Waals surface area contributed by atoms with Gasteiger partial charge in [-0.1, -0.05) is 97.1 Å². The zero-order valence-corrected chi connectivity index (χ0v) is 23.9. The molecule has 0 unspecified atom stereocenters. The van der Waals surface area contributed by atoms with Crippen LogP contribution >= 0.6 is 0 Å². The summed E-state index contributed by atoms with van der Waals surface area (Å²) in [6.45, 7) is 0. The van der Waals surface area contributed by atoms with Crippen molar-refractivity contribution in [3.05, 3.63) is 191 Å². The van der Waals surface area contributed by atoms with Gasteiger partial charge < -0.3 is 10.6 Å². The molecule has 2 amide bonds. The molecule has 0 spiro atoms. The SMILES string of the molecule is O=C(Nc1ccc(C2(c3ccc(NC(=O)c4ccccc4F)cc3)c3ccccc3-c3ccccc32)cc1)c1ccccc1F. The number of hydrogen-bond acceptors (Lipinski definition) is 2. The molecule has 1 aliphatic rings. The molecule has 0 bridgehead atoms. The number of anilines is 2. The molecule has 2 N–H and O–H groups in total. The monoisotopic (exact) mass is 592 g/mol. The van der Waals surface area contributed by atoms with Gasteiger partial charge in [-0.15, -0.1) is 0 Å². The van der Waals surface area contributed by atoms with Crippen LogP contribution in [0.15, 0.2) is 146 Å². The van der Waals surface area contributed by atoms with E-state index in [-0.39, 0.29) is 11.1 Å². The minimum absolute atomic E-state index is 0.0288. The largest absolute Gasteiger partial charge is 0.322 e. The first-order valence-corrected chi connectivity index (χ1v) is 14.5. The van der Waals surface area contributed by atoms with E-state index in [4.69, 9.17) is 0 Å². The van der Waals surface area contributed by atoms with Crippen LogP contribution in [0.4, 0.5) is 20.2 Å². The van der Waals surface area contributed by atoms with E-state index in [2.05, 4.69) is 34.9 Å². The first-order valence-electron chi connectivity index (χ1n) is 14.5. The fourth-order valence-electron chi connectivity index (χ4n) is 6.32. The molecule has 0 saturated carbocycles. The Kier molecular flexibility index (Phi) is 7.02. The third kappa shape index (κ3) is 4.77. The van der Waals surface area contributed by atoms with Gasteiger partial charge >= 0.3 is 0 Å². The molecule has 6 aromatic rings. The van der Waals surface area contributed by atoms with Gasteiger partial charge in [0.1, 0.15) is 11.6 Å². The summed E-state index contributed by atoms with van der Waals surface area (Å²) in [4.78, 5) is 25.6. The van der Waals surface area contributed by atoms with E-state index in [1.807, 2.05) is 72.8 Å². The number of hydrogen-bond donors (Lipinski definition) is 2. The van der Waals surface area contributed by atoms with Crippen LogP contribution in [-0.2, 0) is 5.41 Å². The maximum atomic E-state index is 14.2. The Labute approximate surface area is 259 Å². The number of rotatable bonds is 6. The first kappa shape index (κ1) is 27.9. The molecule has 6 heteroatoms. The van der Waals surface area contributed by atoms with Crippen molar-refractivity contribution in [1.29, 1.82) is 0 Å². The van der Waals surface area contributed by atoms with Gasteiger partial charge in [-0.05, 0) is 81.9 Å². The van der Waals surface area contributed by atoms with Crippen LogP contribution in [0.3, 0.4) is 0 Å². The van der Waals surface area contributed by atoms with Gasteiger partial charge in [0.15, 0.2) is 0 Å². The number of fused-ring (bicyclic) bond motifs is 3. The molecule has 45 heavy (non-hydrogen) atoms. The second-order valence-electron chi connectivity index (χ2n) is 10.9. The van der Waals surface area contributed by atoms with Gasteiger partial charge in [-0.25, -0.2) is 8.78 Å². The number of benzene rings is 6. The van der Waals surface area contributed by atoms with Crippen LogP contribution in [0, 0.1) is 11.6 Å². The van der Waals surface area contributed by atoms with Crippen molar-refractivity contribution in [2.75, 3.05) is 10.6 Å². The van der Waals surface area contributed by atoms with Crippen LogP contribution in [-0.4, -0.2) is 11.8 Å². The quantitative estimate of drug-likeness (QED) is 0.203. The second kappa shape index (κ2) is 11.3. The predicted octanol–water partition coefficient (Wildman–Crippen LogP) is 8.83.